The molecule has 1 aromatic carbocycles. The SMILES string of the molecule is COCCNCCc1nc(-c2cccc(OC)c2)cs1. The maximum atomic E-state index is 5.24. The van der Waals surface area contributed by atoms with Gasteiger partial charge in [-0.05, 0) is 12.1 Å². The van der Waals surface area contributed by atoms with Crippen LogP contribution in [0.5, 0.6) is 5.75 Å². The Kier molecular flexibility index (Phi) is 5.98. The Labute approximate surface area is 123 Å². The molecule has 20 heavy (non-hydrogen) atoms. The van der Waals surface area contributed by atoms with E-state index in [0.29, 0.717) is 0 Å². The van der Waals surface area contributed by atoms with Gasteiger partial charge < -0.3 is 14.8 Å². The first-order chi connectivity index (χ1) is 9.83. The van der Waals surface area contributed by atoms with Crippen molar-refractivity contribution < 1.29 is 9.47 Å². The number of nitrogens with zero attached hydrogens (tertiary/aromatic N) is 1. The molecule has 0 atom stereocenters. The number of rotatable bonds is 8. The number of nitrogens with one attached hydrogen (secondary N) is 1. The van der Waals surface area contributed by atoms with Gasteiger partial charge in [-0.15, -0.1) is 11.3 Å². The molecule has 0 fully saturated rings. The van der Waals surface area contributed by atoms with Crippen molar-refractivity contribution in [3.8, 4) is 17.0 Å². The molecule has 4 nitrogen and oxygen atoms in total. The Hall–Kier alpha value is -1.43. The summed E-state index contributed by atoms with van der Waals surface area (Å²) in [6, 6.07) is 7.99. The lowest BCUT2D eigenvalue weighted by molar-refractivity contribution is 0.199. The van der Waals surface area contributed by atoms with Gasteiger partial charge in [0.05, 0.1) is 24.4 Å². The third-order valence-corrected chi connectivity index (χ3v) is 3.82. The molecule has 0 amide bonds. The quantitative estimate of drug-likeness (QED) is 0.760. The second kappa shape index (κ2) is 7.99. The lowest BCUT2D eigenvalue weighted by atomic mass is 10.2. The van der Waals surface area contributed by atoms with Gasteiger partial charge in [0, 0.05) is 37.6 Å². The fourth-order valence-corrected chi connectivity index (χ4v) is 2.64. The van der Waals surface area contributed by atoms with Crippen molar-refractivity contribution >= 4 is 11.3 Å². The molecule has 2 aromatic rings. The van der Waals surface area contributed by atoms with Crippen molar-refractivity contribution in [2.45, 2.75) is 6.42 Å². The molecule has 0 saturated heterocycles. The summed E-state index contributed by atoms with van der Waals surface area (Å²) in [7, 11) is 3.39. The molecule has 0 spiro atoms. The Bertz CT molecular complexity index is 528. The maximum absolute atomic E-state index is 5.24. The van der Waals surface area contributed by atoms with E-state index in [-0.39, 0.29) is 0 Å². The molecule has 1 heterocycles. The Morgan fingerprint density at radius 3 is 2.95 bits per heavy atom. The monoisotopic (exact) mass is 292 g/mol. The first-order valence-corrected chi connectivity index (χ1v) is 7.50. The molecule has 0 radical (unpaired) electrons. The summed E-state index contributed by atoms with van der Waals surface area (Å²) >= 11 is 1.70. The highest BCUT2D eigenvalue weighted by Gasteiger charge is 2.05. The van der Waals surface area contributed by atoms with Gasteiger partial charge in [-0.3, -0.25) is 0 Å². The van der Waals surface area contributed by atoms with Gasteiger partial charge in [0.25, 0.3) is 0 Å². The van der Waals surface area contributed by atoms with Gasteiger partial charge in [0.1, 0.15) is 5.75 Å². The van der Waals surface area contributed by atoms with Crippen LogP contribution in [-0.2, 0) is 11.2 Å². The lowest BCUT2D eigenvalue weighted by Gasteiger charge is -2.02. The summed E-state index contributed by atoms with van der Waals surface area (Å²) in [5.41, 5.74) is 2.11. The van der Waals surface area contributed by atoms with Crippen LogP contribution in [0.15, 0.2) is 29.6 Å². The van der Waals surface area contributed by atoms with E-state index in [1.54, 1.807) is 25.6 Å². The van der Waals surface area contributed by atoms with Crippen LogP contribution < -0.4 is 10.1 Å². The average Bonchev–Trinajstić information content (AvgIpc) is 2.96. The van der Waals surface area contributed by atoms with Crippen LogP contribution in [0.25, 0.3) is 11.3 Å². The number of hydrogen-bond acceptors (Lipinski definition) is 5. The molecule has 0 bridgehead atoms. The molecule has 0 aliphatic rings. The molecule has 0 aliphatic heterocycles. The smallest absolute Gasteiger partial charge is 0.119 e. The molecule has 5 heteroatoms. The molecular formula is C15H20N2O2S. The Morgan fingerprint density at radius 2 is 2.15 bits per heavy atom. The van der Waals surface area contributed by atoms with Crippen LogP contribution in [0.2, 0.25) is 0 Å². The third kappa shape index (κ3) is 4.30. The van der Waals surface area contributed by atoms with Crippen molar-refractivity contribution in [1.29, 1.82) is 0 Å². The Morgan fingerprint density at radius 1 is 1.25 bits per heavy atom. The van der Waals surface area contributed by atoms with Gasteiger partial charge in [-0.1, -0.05) is 12.1 Å². The zero-order valence-electron chi connectivity index (χ0n) is 11.9. The van der Waals surface area contributed by atoms with Crippen molar-refractivity contribution in [3.05, 3.63) is 34.7 Å². The van der Waals surface area contributed by atoms with Gasteiger partial charge >= 0.3 is 0 Å². The first-order valence-electron chi connectivity index (χ1n) is 6.62. The molecule has 0 aliphatic carbocycles. The number of hydrogen-bond donors (Lipinski definition) is 1. The van der Waals surface area contributed by atoms with Gasteiger partial charge in [-0.25, -0.2) is 4.98 Å². The van der Waals surface area contributed by atoms with Crippen LogP contribution in [0.4, 0.5) is 0 Å². The van der Waals surface area contributed by atoms with Crippen LogP contribution in [0, 0.1) is 0 Å². The van der Waals surface area contributed by atoms with Crippen molar-refractivity contribution in [3.63, 3.8) is 0 Å². The van der Waals surface area contributed by atoms with E-state index in [4.69, 9.17) is 9.47 Å². The van der Waals surface area contributed by atoms with E-state index in [1.165, 1.54) is 0 Å². The zero-order valence-corrected chi connectivity index (χ0v) is 12.7. The molecule has 2 rings (SSSR count). The summed E-state index contributed by atoms with van der Waals surface area (Å²) in [4.78, 5) is 4.67. The van der Waals surface area contributed by atoms with Gasteiger partial charge in [-0.2, -0.15) is 0 Å². The predicted octanol–water partition coefficient (Wildman–Crippen LogP) is 2.60. The highest BCUT2D eigenvalue weighted by atomic mass is 32.1. The van der Waals surface area contributed by atoms with Crippen LogP contribution in [0.3, 0.4) is 0 Å². The van der Waals surface area contributed by atoms with Gasteiger partial charge in [0.2, 0.25) is 0 Å². The minimum absolute atomic E-state index is 0.743. The summed E-state index contributed by atoms with van der Waals surface area (Å²) in [5.74, 6) is 0.860. The largest absolute Gasteiger partial charge is 0.497 e. The summed E-state index contributed by atoms with van der Waals surface area (Å²) in [5, 5.41) is 6.57. The third-order valence-electron chi connectivity index (χ3n) is 2.92. The van der Waals surface area contributed by atoms with Gasteiger partial charge in [0.15, 0.2) is 0 Å². The topological polar surface area (TPSA) is 43.4 Å². The number of methoxy groups -OCH3 is 2. The zero-order chi connectivity index (χ0) is 14.2. The fourth-order valence-electron chi connectivity index (χ4n) is 1.84. The summed E-state index contributed by atoms with van der Waals surface area (Å²) < 4.78 is 10.2. The standard InChI is InChI=1S/C15H20N2O2S/c1-18-9-8-16-7-6-15-17-14(11-20-15)12-4-3-5-13(10-12)19-2/h3-5,10-11,16H,6-9H2,1-2H3. The molecule has 0 saturated carbocycles. The average molecular weight is 292 g/mol. The molecule has 1 aromatic heterocycles. The van der Waals surface area contributed by atoms with Crippen LogP contribution in [0.1, 0.15) is 5.01 Å². The minimum Gasteiger partial charge on any atom is -0.497 e. The second-order valence-corrected chi connectivity index (χ2v) is 5.29. The van der Waals surface area contributed by atoms with Crippen molar-refractivity contribution in [2.24, 2.45) is 0 Å². The fraction of sp³-hybridized carbons (Fsp3) is 0.400. The maximum Gasteiger partial charge on any atom is 0.119 e. The highest BCUT2D eigenvalue weighted by Crippen LogP contribution is 2.25. The number of aromatic nitrogens is 1. The highest BCUT2D eigenvalue weighted by molar-refractivity contribution is 7.09. The van der Waals surface area contributed by atoms with Crippen molar-refractivity contribution in [1.82, 2.24) is 10.3 Å². The summed E-state index contributed by atoms with van der Waals surface area (Å²) in [6.45, 7) is 2.55. The van der Waals surface area contributed by atoms with Crippen LogP contribution in [-0.4, -0.2) is 38.9 Å². The van der Waals surface area contributed by atoms with E-state index < -0.39 is 0 Å². The van der Waals surface area contributed by atoms with E-state index in [0.717, 1.165) is 48.1 Å². The second-order valence-electron chi connectivity index (χ2n) is 4.35. The van der Waals surface area contributed by atoms with E-state index >= 15 is 0 Å². The summed E-state index contributed by atoms with van der Waals surface area (Å²) in [6.07, 6.45) is 0.943. The van der Waals surface area contributed by atoms with Crippen LogP contribution >= 0.6 is 11.3 Å². The lowest BCUT2D eigenvalue weighted by Crippen LogP contribution is -2.21. The molecule has 108 valence electrons. The molecule has 0 unspecified atom stereocenters. The number of thiazole rings is 1. The number of ether oxygens (including phenoxy) is 2. The Balaban J connectivity index is 1.91. The molecular weight excluding hydrogens is 272 g/mol. The van der Waals surface area contributed by atoms with E-state index in [2.05, 4.69) is 21.7 Å². The predicted molar refractivity (Wildman–Crippen MR) is 82.6 cm³/mol. The normalized spacial score (nSPS) is 10.7. The van der Waals surface area contributed by atoms with E-state index in [1.807, 2.05) is 18.2 Å². The molecule has 1 N–H and O–H groups in total. The number of benzene rings is 1. The first kappa shape index (κ1) is 15.0. The van der Waals surface area contributed by atoms with E-state index in [9.17, 15) is 0 Å². The van der Waals surface area contributed by atoms with Crippen molar-refractivity contribution in [2.75, 3.05) is 33.9 Å². The minimum atomic E-state index is 0.743.